The van der Waals surface area contributed by atoms with Gasteiger partial charge in [-0.1, -0.05) is 0 Å². The molecular formula is C6H16N4O. The van der Waals surface area contributed by atoms with Gasteiger partial charge in [0.25, 0.3) is 0 Å². The summed E-state index contributed by atoms with van der Waals surface area (Å²) >= 11 is 0. The summed E-state index contributed by atoms with van der Waals surface area (Å²) in [6.07, 6.45) is 0. The molecule has 0 unspecified atom stereocenters. The van der Waals surface area contributed by atoms with E-state index in [0.717, 1.165) is 0 Å². The highest BCUT2D eigenvalue weighted by atomic mass is 16.5. The maximum absolute atomic E-state index is 5.35. The van der Waals surface area contributed by atoms with Gasteiger partial charge in [-0.25, -0.2) is 10.8 Å². The summed E-state index contributed by atoms with van der Waals surface area (Å²) in [5.74, 6) is 5.24. The molecule has 11 heavy (non-hydrogen) atoms. The lowest BCUT2D eigenvalue weighted by molar-refractivity contribution is 0.150. The maximum atomic E-state index is 5.35. The van der Waals surface area contributed by atoms with E-state index in [1.807, 2.05) is 13.8 Å². The van der Waals surface area contributed by atoms with Crippen LogP contribution in [0.15, 0.2) is 4.99 Å². The number of hydrogen-bond donors (Lipinski definition) is 3. The van der Waals surface area contributed by atoms with Crippen LogP contribution < -0.4 is 17.0 Å². The van der Waals surface area contributed by atoms with Crippen LogP contribution >= 0.6 is 0 Å². The molecule has 5 heteroatoms. The molecule has 0 amide bonds. The predicted molar refractivity (Wildman–Crippen MR) is 44.9 cm³/mol. The Kier molecular flexibility index (Phi) is 3.84. The summed E-state index contributed by atoms with van der Waals surface area (Å²) in [6, 6.07) is 0. The predicted octanol–water partition coefficient (Wildman–Crippen LogP) is -0.811. The lowest BCUT2D eigenvalue weighted by Crippen LogP contribution is -2.40. The molecule has 0 saturated carbocycles. The number of aliphatic imine (C=N–C) groups is 1. The highest BCUT2D eigenvalue weighted by molar-refractivity contribution is 5.77. The van der Waals surface area contributed by atoms with Crippen molar-refractivity contribution in [3.63, 3.8) is 0 Å². The van der Waals surface area contributed by atoms with Crippen molar-refractivity contribution >= 4 is 5.96 Å². The van der Waals surface area contributed by atoms with E-state index in [-0.39, 0.29) is 11.5 Å². The van der Waals surface area contributed by atoms with Crippen LogP contribution in [0.25, 0.3) is 0 Å². The molecule has 0 aromatic heterocycles. The molecule has 0 spiro atoms. The van der Waals surface area contributed by atoms with Gasteiger partial charge in [-0.3, -0.25) is 5.43 Å². The number of nitrogens with one attached hydrogen (secondary N) is 1. The third-order valence-corrected chi connectivity index (χ3v) is 1.07. The second kappa shape index (κ2) is 4.15. The Morgan fingerprint density at radius 3 is 2.55 bits per heavy atom. The van der Waals surface area contributed by atoms with Crippen LogP contribution in [-0.2, 0) is 4.74 Å². The van der Waals surface area contributed by atoms with Gasteiger partial charge in [0.1, 0.15) is 0 Å². The smallest absolute Gasteiger partial charge is 0.203 e. The zero-order chi connectivity index (χ0) is 8.91. The van der Waals surface area contributed by atoms with Gasteiger partial charge in [0.2, 0.25) is 5.96 Å². The van der Waals surface area contributed by atoms with Crippen molar-refractivity contribution in [2.45, 2.75) is 19.4 Å². The molecule has 0 aromatic rings. The number of hydrazine groups is 1. The molecule has 5 nitrogen and oxygen atoms in total. The van der Waals surface area contributed by atoms with Crippen molar-refractivity contribution in [2.75, 3.05) is 13.7 Å². The fourth-order valence-electron chi connectivity index (χ4n) is 0.744. The first-order valence-electron chi connectivity index (χ1n) is 3.33. The lowest BCUT2D eigenvalue weighted by atomic mass is 10.1. The molecule has 0 saturated heterocycles. The standard InChI is InChI=1S/C6H16N4O/c1-6(2,4-11-3)9-5(7)10-8/h4,8H2,1-3H3,(H3,7,9,10). The van der Waals surface area contributed by atoms with Gasteiger partial charge in [-0.05, 0) is 13.8 Å². The quantitative estimate of drug-likeness (QED) is 0.218. The van der Waals surface area contributed by atoms with E-state index in [0.29, 0.717) is 6.61 Å². The Balaban J connectivity index is 4.08. The minimum Gasteiger partial charge on any atom is -0.382 e. The SMILES string of the molecule is COCC(C)(C)N=C(N)NN. The van der Waals surface area contributed by atoms with Crippen LogP contribution in [0.2, 0.25) is 0 Å². The summed E-state index contributed by atoms with van der Waals surface area (Å²) < 4.78 is 4.92. The Hall–Kier alpha value is -0.810. The van der Waals surface area contributed by atoms with Crippen molar-refractivity contribution in [2.24, 2.45) is 16.6 Å². The van der Waals surface area contributed by atoms with Crippen molar-refractivity contribution in [1.82, 2.24) is 5.43 Å². The third kappa shape index (κ3) is 4.58. The van der Waals surface area contributed by atoms with Crippen molar-refractivity contribution in [1.29, 1.82) is 0 Å². The van der Waals surface area contributed by atoms with E-state index in [4.69, 9.17) is 16.3 Å². The van der Waals surface area contributed by atoms with Crippen LogP contribution in [0.5, 0.6) is 0 Å². The van der Waals surface area contributed by atoms with E-state index in [1.165, 1.54) is 0 Å². The highest BCUT2D eigenvalue weighted by Crippen LogP contribution is 2.07. The van der Waals surface area contributed by atoms with Crippen LogP contribution in [0.3, 0.4) is 0 Å². The fourth-order valence-corrected chi connectivity index (χ4v) is 0.744. The average molecular weight is 160 g/mol. The van der Waals surface area contributed by atoms with E-state index < -0.39 is 0 Å². The Morgan fingerprint density at radius 1 is 1.64 bits per heavy atom. The van der Waals surface area contributed by atoms with Gasteiger partial charge in [-0.2, -0.15) is 0 Å². The topological polar surface area (TPSA) is 85.7 Å². The lowest BCUT2D eigenvalue weighted by Gasteiger charge is -2.18. The van der Waals surface area contributed by atoms with E-state index >= 15 is 0 Å². The first kappa shape index (κ1) is 10.2. The summed E-state index contributed by atoms with van der Waals surface area (Å²) in [5.41, 5.74) is 7.27. The van der Waals surface area contributed by atoms with Gasteiger partial charge < -0.3 is 10.5 Å². The zero-order valence-corrected chi connectivity index (χ0v) is 7.22. The summed E-state index contributed by atoms with van der Waals surface area (Å²) in [4.78, 5) is 4.05. The number of ether oxygens (including phenoxy) is 1. The number of nitrogens with zero attached hydrogens (tertiary/aromatic N) is 1. The number of guanidine groups is 1. The van der Waals surface area contributed by atoms with Gasteiger partial charge in [0.15, 0.2) is 0 Å². The summed E-state index contributed by atoms with van der Waals surface area (Å²) in [6.45, 7) is 4.32. The molecule has 0 aliphatic carbocycles. The highest BCUT2D eigenvalue weighted by Gasteiger charge is 2.15. The maximum Gasteiger partial charge on any atom is 0.203 e. The zero-order valence-electron chi connectivity index (χ0n) is 7.22. The van der Waals surface area contributed by atoms with Gasteiger partial charge in [0.05, 0.1) is 12.1 Å². The molecule has 5 N–H and O–H groups in total. The largest absolute Gasteiger partial charge is 0.382 e. The first-order valence-corrected chi connectivity index (χ1v) is 3.33. The molecule has 0 fully saturated rings. The average Bonchev–Trinajstić information content (AvgIpc) is 1.86. The minimum atomic E-state index is -0.328. The first-order chi connectivity index (χ1) is 5.02. The Morgan fingerprint density at radius 2 is 2.18 bits per heavy atom. The Bertz CT molecular complexity index is 144. The molecule has 0 rings (SSSR count). The van der Waals surface area contributed by atoms with Crippen LogP contribution in [0.4, 0.5) is 0 Å². The monoisotopic (exact) mass is 160 g/mol. The number of nitrogens with two attached hydrogens (primary N) is 2. The van der Waals surface area contributed by atoms with Gasteiger partial charge >= 0.3 is 0 Å². The second-order valence-corrected chi connectivity index (χ2v) is 2.89. The summed E-state index contributed by atoms with van der Waals surface area (Å²) in [7, 11) is 1.61. The normalized spacial score (nSPS) is 13.3. The molecular weight excluding hydrogens is 144 g/mol. The molecule has 66 valence electrons. The molecule has 0 bridgehead atoms. The number of rotatable bonds is 3. The third-order valence-electron chi connectivity index (χ3n) is 1.07. The molecule has 0 aromatic carbocycles. The molecule has 0 atom stereocenters. The van der Waals surface area contributed by atoms with Gasteiger partial charge in [0, 0.05) is 7.11 Å². The van der Waals surface area contributed by atoms with Gasteiger partial charge in [-0.15, -0.1) is 0 Å². The van der Waals surface area contributed by atoms with Crippen molar-refractivity contribution in [3.8, 4) is 0 Å². The van der Waals surface area contributed by atoms with E-state index in [1.54, 1.807) is 7.11 Å². The van der Waals surface area contributed by atoms with E-state index in [2.05, 4.69) is 10.4 Å². The number of hydrogen-bond acceptors (Lipinski definition) is 3. The van der Waals surface area contributed by atoms with E-state index in [9.17, 15) is 0 Å². The van der Waals surface area contributed by atoms with Crippen LogP contribution in [0, 0.1) is 0 Å². The molecule has 0 heterocycles. The van der Waals surface area contributed by atoms with Crippen molar-refractivity contribution in [3.05, 3.63) is 0 Å². The fraction of sp³-hybridized carbons (Fsp3) is 0.833. The minimum absolute atomic E-state index is 0.215. The molecule has 0 aliphatic heterocycles. The summed E-state index contributed by atoms with van der Waals surface area (Å²) in [5, 5.41) is 0. The van der Waals surface area contributed by atoms with Crippen LogP contribution in [-0.4, -0.2) is 25.2 Å². The second-order valence-electron chi connectivity index (χ2n) is 2.89. The Labute approximate surface area is 66.8 Å². The van der Waals surface area contributed by atoms with Crippen molar-refractivity contribution < 1.29 is 4.74 Å². The van der Waals surface area contributed by atoms with Crippen LogP contribution in [0.1, 0.15) is 13.8 Å². The molecule has 0 aliphatic rings. The number of methoxy groups -OCH3 is 1. The molecule has 0 radical (unpaired) electrons.